The fourth-order valence-corrected chi connectivity index (χ4v) is 2.25. The van der Waals surface area contributed by atoms with E-state index in [-0.39, 0.29) is 12.1 Å². The number of carbonyl (C=O) groups is 1. The number of rotatable bonds is 6. The summed E-state index contributed by atoms with van der Waals surface area (Å²) in [5, 5.41) is 22.0. The summed E-state index contributed by atoms with van der Waals surface area (Å²) in [6, 6.07) is 1.67. The molecule has 1 unspecified atom stereocenters. The van der Waals surface area contributed by atoms with Gasteiger partial charge in [0, 0.05) is 24.2 Å². The van der Waals surface area contributed by atoms with Crippen LogP contribution in [0.15, 0.2) is 12.3 Å². The Morgan fingerprint density at radius 3 is 2.83 bits per heavy atom. The zero-order valence-electron chi connectivity index (χ0n) is 10.7. The van der Waals surface area contributed by atoms with Crippen molar-refractivity contribution in [1.29, 1.82) is 0 Å². The number of thioether (sulfide) groups is 1. The van der Waals surface area contributed by atoms with E-state index < -0.39 is 11.6 Å². The third kappa shape index (κ3) is 4.19. The molecule has 0 saturated carbocycles. The third-order valence-corrected chi connectivity index (χ3v) is 3.30. The van der Waals surface area contributed by atoms with Crippen molar-refractivity contribution in [3.63, 3.8) is 0 Å². The molecule has 6 heteroatoms. The minimum Gasteiger partial charge on any atom is -0.478 e. The van der Waals surface area contributed by atoms with Crippen LogP contribution in [0.2, 0.25) is 0 Å². The summed E-state index contributed by atoms with van der Waals surface area (Å²) in [7, 11) is 0. The van der Waals surface area contributed by atoms with Crippen molar-refractivity contribution in [1.82, 2.24) is 4.98 Å². The lowest BCUT2D eigenvalue weighted by Crippen LogP contribution is -2.36. The maximum Gasteiger partial charge on any atom is 0.339 e. The van der Waals surface area contributed by atoms with Crippen molar-refractivity contribution in [2.75, 3.05) is 23.9 Å². The lowest BCUT2D eigenvalue weighted by Gasteiger charge is -2.23. The van der Waals surface area contributed by atoms with E-state index in [2.05, 4.69) is 10.3 Å². The van der Waals surface area contributed by atoms with Crippen molar-refractivity contribution < 1.29 is 15.0 Å². The van der Waals surface area contributed by atoms with Crippen molar-refractivity contribution >= 4 is 23.4 Å². The highest BCUT2D eigenvalue weighted by Gasteiger charge is 2.20. The molecule has 0 amide bonds. The number of hydrogen-bond acceptors (Lipinski definition) is 5. The molecule has 3 N–H and O–H groups in total. The van der Waals surface area contributed by atoms with E-state index in [4.69, 9.17) is 5.11 Å². The van der Waals surface area contributed by atoms with Gasteiger partial charge in [-0.1, -0.05) is 0 Å². The Hall–Kier alpha value is -1.27. The maximum atomic E-state index is 11.0. The van der Waals surface area contributed by atoms with Crippen LogP contribution in [0, 0.1) is 6.92 Å². The van der Waals surface area contributed by atoms with Crippen LogP contribution < -0.4 is 5.32 Å². The Balaban J connectivity index is 2.83. The number of aliphatic hydroxyl groups is 1. The quantitative estimate of drug-likeness (QED) is 0.728. The monoisotopic (exact) mass is 270 g/mol. The number of carboxylic acids is 1. The minimum absolute atomic E-state index is 0.112. The minimum atomic E-state index is -1.03. The van der Waals surface area contributed by atoms with Gasteiger partial charge in [-0.05, 0) is 26.2 Å². The van der Waals surface area contributed by atoms with E-state index in [0.717, 1.165) is 5.69 Å². The van der Waals surface area contributed by atoms with Gasteiger partial charge >= 0.3 is 5.97 Å². The summed E-state index contributed by atoms with van der Waals surface area (Å²) in [6.45, 7) is 3.79. The average molecular weight is 270 g/mol. The molecule has 0 aliphatic heterocycles. The van der Waals surface area contributed by atoms with Crippen LogP contribution in [0.1, 0.15) is 23.0 Å². The van der Waals surface area contributed by atoms with E-state index in [9.17, 15) is 9.90 Å². The Kier molecular flexibility index (Phi) is 4.98. The molecule has 0 fully saturated rings. The molecule has 1 atom stereocenters. The smallest absolute Gasteiger partial charge is 0.339 e. The fourth-order valence-electron chi connectivity index (χ4n) is 1.52. The Morgan fingerprint density at radius 1 is 1.61 bits per heavy atom. The van der Waals surface area contributed by atoms with Gasteiger partial charge in [-0.15, -0.1) is 0 Å². The van der Waals surface area contributed by atoms with E-state index in [1.807, 2.05) is 6.26 Å². The van der Waals surface area contributed by atoms with Crippen LogP contribution in [0.5, 0.6) is 0 Å². The number of hydrogen-bond donors (Lipinski definition) is 3. The van der Waals surface area contributed by atoms with Gasteiger partial charge in [-0.2, -0.15) is 11.8 Å². The van der Waals surface area contributed by atoms with Gasteiger partial charge in [-0.3, -0.25) is 4.98 Å². The van der Waals surface area contributed by atoms with Crippen molar-refractivity contribution in [3.8, 4) is 0 Å². The second-order valence-corrected chi connectivity index (χ2v) is 5.33. The average Bonchev–Trinajstić information content (AvgIpc) is 2.26. The molecule has 0 bridgehead atoms. The molecule has 0 aliphatic rings. The highest BCUT2D eigenvalue weighted by molar-refractivity contribution is 7.98. The molecule has 0 aliphatic carbocycles. The zero-order chi connectivity index (χ0) is 13.8. The van der Waals surface area contributed by atoms with Crippen molar-refractivity contribution in [2.45, 2.75) is 19.4 Å². The van der Waals surface area contributed by atoms with Gasteiger partial charge in [0.1, 0.15) is 5.56 Å². The number of nitrogens with zero attached hydrogens (tertiary/aromatic N) is 1. The molecule has 5 nitrogen and oxygen atoms in total. The normalized spacial score (nSPS) is 14.0. The molecule has 1 aromatic rings. The zero-order valence-corrected chi connectivity index (χ0v) is 11.5. The first-order valence-electron chi connectivity index (χ1n) is 5.51. The molecule has 1 aromatic heterocycles. The van der Waals surface area contributed by atoms with Crippen LogP contribution in [0.3, 0.4) is 0 Å². The van der Waals surface area contributed by atoms with Gasteiger partial charge in [0.25, 0.3) is 0 Å². The van der Waals surface area contributed by atoms with Crippen LogP contribution in [0.25, 0.3) is 0 Å². The standard InChI is InChI=1S/C12H18N2O3S/c1-8-4-10(9(5-13-8)11(15)16)14-6-12(2,17)7-18-3/h4-5,17H,6-7H2,1-3H3,(H,13,14)(H,15,16). The maximum absolute atomic E-state index is 11.0. The predicted octanol–water partition coefficient (Wildman–Crippen LogP) is 1.61. The summed E-state index contributed by atoms with van der Waals surface area (Å²) in [5.74, 6) is -0.457. The van der Waals surface area contributed by atoms with Crippen molar-refractivity contribution in [3.05, 3.63) is 23.5 Å². The fraction of sp³-hybridized carbons (Fsp3) is 0.500. The number of anilines is 1. The molecule has 18 heavy (non-hydrogen) atoms. The van der Waals surface area contributed by atoms with Crippen LogP contribution in [-0.4, -0.2) is 45.3 Å². The highest BCUT2D eigenvalue weighted by Crippen LogP contribution is 2.18. The summed E-state index contributed by atoms with van der Waals surface area (Å²) < 4.78 is 0. The van der Waals surface area contributed by atoms with E-state index in [1.165, 1.54) is 18.0 Å². The Labute approximate surface area is 111 Å². The highest BCUT2D eigenvalue weighted by atomic mass is 32.2. The topological polar surface area (TPSA) is 82.5 Å². The van der Waals surface area contributed by atoms with E-state index in [1.54, 1.807) is 19.9 Å². The number of carboxylic acid groups (broad SMARTS) is 1. The molecule has 0 spiro atoms. The summed E-state index contributed by atoms with van der Waals surface area (Å²) >= 11 is 1.54. The first kappa shape index (κ1) is 14.8. The second kappa shape index (κ2) is 6.06. The number of aromatic carboxylic acids is 1. The van der Waals surface area contributed by atoms with Gasteiger partial charge in [-0.25, -0.2) is 4.79 Å². The van der Waals surface area contributed by atoms with E-state index in [0.29, 0.717) is 11.4 Å². The molecule has 0 aromatic carbocycles. The molecule has 1 rings (SSSR count). The number of aromatic nitrogens is 1. The van der Waals surface area contributed by atoms with Gasteiger partial charge in [0.15, 0.2) is 0 Å². The number of pyridine rings is 1. The lowest BCUT2D eigenvalue weighted by molar-refractivity contribution is 0.0696. The molecule has 0 saturated heterocycles. The van der Waals surface area contributed by atoms with Crippen molar-refractivity contribution in [2.24, 2.45) is 0 Å². The summed E-state index contributed by atoms with van der Waals surface area (Å²) in [4.78, 5) is 15.0. The largest absolute Gasteiger partial charge is 0.478 e. The molecule has 100 valence electrons. The van der Waals surface area contributed by atoms with Gasteiger partial charge < -0.3 is 15.5 Å². The van der Waals surface area contributed by atoms with E-state index >= 15 is 0 Å². The van der Waals surface area contributed by atoms with Gasteiger partial charge in [0.2, 0.25) is 0 Å². The molecular weight excluding hydrogens is 252 g/mol. The first-order valence-corrected chi connectivity index (χ1v) is 6.90. The molecule has 1 heterocycles. The van der Waals surface area contributed by atoms with Crippen LogP contribution >= 0.6 is 11.8 Å². The predicted molar refractivity (Wildman–Crippen MR) is 73.4 cm³/mol. The second-order valence-electron chi connectivity index (χ2n) is 4.46. The first-order chi connectivity index (χ1) is 8.35. The van der Waals surface area contributed by atoms with Gasteiger partial charge in [0.05, 0.1) is 11.3 Å². The van der Waals surface area contributed by atoms with Crippen LogP contribution in [-0.2, 0) is 0 Å². The Bertz CT molecular complexity index is 435. The number of aryl methyl sites for hydroxylation is 1. The Morgan fingerprint density at radius 2 is 2.28 bits per heavy atom. The van der Waals surface area contributed by atoms with Crippen LogP contribution in [0.4, 0.5) is 5.69 Å². The summed E-state index contributed by atoms with van der Waals surface area (Å²) in [5.41, 5.74) is 0.441. The lowest BCUT2D eigenvalue weighted by atomic mass is 10.1. The number of nitrogens with one attached hydrogen (secondary N) is 1. The third-order valence-electron chi connectivity index (χ3n) is 2.39. The SMILES string of the molecule is CSCC(C)(O)CNc1cc(C)ncc1C(=O)O. The molecular formula is C12H18N2O3S. The molecule has 0 radical (unpaired) electrons. The summed E-state index contributed by atoms with van der Waals surface area (Å²) in [6.07, 6.45) is 3.23.